The Morgan fingerprint density at radius 2 is 1.61 bits per heavy atom. The Bertz CT molecular complexity index is 389. The van der Waals surface area contributed by atoms with Crippen molar-refractivity contribution in [2.75, 3.05) is 26.2 Å². The minimum absolute atomic E-state index is 0.646. The van der Waals surface area contributed by atoms with Gasteiger partial charge in [-0.05, 0) is 23.8 Å². The first kappa shape index (κ1) is 14.4. The lowest BCUT2D eigenvalue weighted by molar-refractivity contribution is 0.0181. The number of piperazine rings is 1. The predicted molar refractivity (Wildman–Crippen MR) is 75.0 cm³/mol. The molecule has 1 aromatic rings. The van der Waals surface area contributed by atoms with Gasteiger partial charge >= 0.3 is 0 Å². The van der Waals surface area contributed by atoms with Gasteiger partial charge in [0.1, 0.15) is 0 Å². The smallest absolute Gasteiger partial charge is 0.258 e. The third-order valence-corrected chi connectivity index (χ3v) is 3.93. The lowest BCUT2D eigenvalue weighted by Gasteiger charge is -2.34. The van der Waals surface area contributed by atoms with E-state index in [1.54, 1.807) is 12.1 Å². The highest BCUT2D eigenvalue weighted by atomic mass is 79.9. The summed E-state index contributed by atoms with van der Waals surface area (Å²) >= 11 is 6.70. The van der Waals surface area contributed by atoms with E-state index in [2.05, 4.69) is 37.2 Å². The quantitative estimate of drug-likeness (QED) is 0.860. The second-order valence-corrected chi connectivity index (χ2v) is 6.10. The maximum absolute atomic E-state index is 13.3. The normalized spacial score (nSPS) is 19.2. The van der Waals surface area contributed by atoms with Crippen molar-refractivity contribution < 1.29 is 8.78 Å². The summed E-state index contributed by atoms with van der Waals surface area (Å²) in [4.78, 5) is 1.84. The van der Waals surface area contributed by atoms with Crippen LogP contribution in [0.25, 0.3) is 0 Å². The van der Waals surface area contributed by atoms with Crippen LogP contribution in [0, 0.1) is 0 Å². The van der Waals surface area contributed by atoms with Gasteiger partial charge in [-0.1, -0.05) is 31.9 Å². The number of halogens is 4. The van der Waals surface area contributed by atoms with Gasteiger partial charge < -0.3 is 5.32 Å². The standard InChI is InChI=1S/C12H14Br2F2N2/c13-9-5-8(6-10(14)7-9)11(12(15)16)18-3-1-17-2-4-18/h5-7,11-12,17H,1-4H2/t11-/m1/s1. The molecule has 0 aliphatic carbocycles. The molecule has 0 unspecified atom stereocenters. The van der Waals surface area contributed by atoms with Gasteiger partial charge in [-0.3, -0.25) is 4.90 Å². The van der Waals surface area contributed by atoms with Gasteiger partial charge in [0, 0.05) is 35.1 Å². The zero-order valence-electron chi connectivity index (χ0n) is 9.67. The molecule has 0 aromatic heterocycles. The number of rotatable bonds is 3. The average Bonchev–Trinajstić information content (AvgIpc) is 2.28. The molecular weight excluding hydrogens is 370 g/mol. The lowest BCUT2D eigenvalue weighted by atomic mass is 10.1. The van der Waals surface area contributed by atoms with Crippen LogP contribution in [-0.4, -0.2) is 37.5 Å². The summed E-state index contributed by atoms with van der Waals surface area (Å²) in [5.74, 6) is 0. The van der Waals surface area contributed by atoms with Crippen LogP contribution in [0.3, 0.4) is 0 Å². The highest BCUT2D eigenvalue weighted by Crippen LogP contribution is 2.31. The predicted octanol–water partition coefficient (Wildman–Crippen LogP) is 3.42. The summed E-state index contributed by atoms with van der Waals surface area (Å²) in [6.45, 7) is 2.83. The van der Waals surface area contributed by atoms with Gasteiger partial charge in [0.15, 0.2) is 0 Å². The molecule has 0 amide bonds. The summed E-state index contributed by atoms with van der Waals surface area (Å²) in [6.07, 6.45) is -2.38. The molecule has 0 bridgehead atoms. The monoisotopic (exact) mass is 382 g/mol. The molecule has 2 nitrogen and oxygen atoms in total. The summed E-state index contributed by atoms with van der Waals surface area (Å²) < 4.78 is 28.3. The van der Waals surface area contributed by atoms with Crippen LogP contribution >= 0.6 is 31.9 Å². The summed E-state index contributed by atoms with van der Waals surface area (Å²) in [5, 5.41) is 3.18. The second kappa shape index (κ2) is 6.41. The van der Waals surface area contributed by atoms with Gasteiger partial charge in [0.25, 0.3) is 6.43 Å². The Hall–Kier alpha value is -0.0400. The molecule has 6 heteroatoms. The number of hydrogen-bond acceptors (Lipinski definition) is 2. The van der Waals surface area contributed by atoms with E-state index in [0.29, 0.717) is 18.7 Å². The summed E-state index contributed by atoms with van der Waals surface area (Å²) in [5.41, 5.74) is 0.646. The average molecular weight is 384 g/mol. The van der Waals surface area contributed by atoms with Gasteiger partial charge in [-0.15, -0.1) is 0 Å². The molecule has 2 rings (SSSR count). The highest BCUT2D eigenvalue weighted by molar-refractivity contribution is 9.11. The number of nitrogens with zero attached hydrogens (tertiary/aromatic N) is 1. The molecule has 1 aliphatic heterocycles. The van der Waals surface area contributed by atoms with Crippen LogP contribution in [0.5, 0.6) is 0 Å². The van der Waals surface area contributed by atoms with E-state index in [1.165, 1.54) is 0 Å². The number of benzene rings is 1. The summed E-state index contributed by atoms with van der Waals surface area (Å²) in [7, 11) is 0. The molecule has 100 valence electrons. The first-order valence-corrected chi connectivity index (χ1v) is 7.35. The Labute approximate surface area is 122 Å². The molecular formula is C12H14Br2F2N2. The topological polar surface area (TPSA) is 15.3 Å². The maximum Gasteiger partial charge on any atom is 0.258 e. The van der Waals surface area contributed by atoms with Gasteiger partial charge in [-0.25, -0.2) is 8.78 Å². The van der Waals surface area contributed by atoms with Gasteiger partial charge in [0.05, 0.1) is 6.04 Å². The lowest BCUT2D eigenvalue weighted by Crippen LogP contribution is -2.46. The SMILES string of the molecule is FC(F)[C@@H](c1cc(Br)cc(Br)c1)N1CCNCC1. The minimum atomic E-state index is -2.38. The molecule has 1 aliphatic rings. The zero-order chi connectivity index (χ0) is 13.1. The van der Waals surface area contributed by atoms with Crippen LogP contribution in [0.2, 0.25) is 0 Å². The second-order valence-electron chi connectivity index (χ2n) is 4.27. The first-order valence-electron chi connectivity index (χ1n) is 5.77. The molecule has 18 heavy (non-hydrogen) atoms. The van der Waals surface area contributed by atoms with Crippen molar-refractivity contribution in [1.82, 2.24) is 10.2 Å². The minimum Gasteiger partial charge on any atom is -0.314 e. The molecule has 0 spiro atoms. The molecule has 1 fully saturated rings. The van der Waals surface area contributed by atoms with Crippen LogP contribution in [-0.2, 0) is 0 Å². The number of alkyl halides is 2. The molecule has 1 heterocycles. The van der Waals surface area contributed by atoms with Crippen molar-refractivity contribution >= 4 is 31.9 Å². The van der Waals surface area contributed by atoms with E-state index >= 15 is 0 Å². The molecule has 1 N–H and O–H groups in total. The fourth-order valence-electron chi connectivity index (χ4n) is 2.22. The van der Waals surface area contributed by atoms with E-state index < -0.39 is 12.5 Å². The third kappa shape index (κ3) is 3.50. The van der Waals surface area contributed by atoms with Crippen LogP contribution in [0.15, 0.2) is 27.1 Å². The van der Waals surface area contributed by atoms with Crippen molar-refractivity contribution in [2.45, 2.75) is 12.5 Å². The van der Waals surface area contributed by atoms with Crippen molar-refractivity contribution in [1.29, 1.82) is 0 Å². The van der Waals surface area contributed by atoms with Crippen molar-refractivity contribution in [2.24, 2.45) is 0 Å². The van der Waals surface area contributed by atoms with E-state index in [4.69, 9.17) is 0 Å². The van der Waals surface area contributed by atoms with E-state index in [1.807, 2.05) is 11.0 Å². The molecule has 1 saturated heterocycles. The van der Waals surface area contributed by atoms with E-state index in [0.717, 1.165) is 22.0 Å². The zero-order valence-corrected chi connectivity index (χ0v) is 12.8. The van der Waals surface area contributed by atoms with E-state index in [-0.39, 0.29) is 0 Å². The number of nitrogens with one attached hydrogen (secondary N) is 1. The third-order valence-electron chi connectivity index (χ3n) is 3.01. The van der Waals surface area contributed by atoms with Gasteiger partial charge in [-0.2, -0.15) is 0 Å². The highest BCUT2D eigenvalue weighted by Gasteiger charge is 2.30. The number of hydrogen-bond donors (Lipinski definition) is 1. The molecule has 0 radical (unpaired) electrons. The van der Waals surface area contributed by atoms with Crippen LogP contribution < -0.4 is 5.32 Å². The van der Waals surface area contributed by atoms with E-state index in [9.17, 15) is 8.78 Å². The maximum atomic E-state index is 13.3. The Morgan fingerprint density at radius 3 is 2.11 bits per heavy atom. The fourth-order valence-corrected chi connectivity index (χ4v) is 3.55. The van der Waals surface area contributed by atoms with Crippen LogP contribution in [0.4, 0.5) is 8.78 Å². The van der Waals surface area contributed by atoms with Crippen molar-refractivity contribution in [3.05, 3.63) is 32.7 Å². The van der Waals surface area contributed by atoms with Crippen molar-refractivity contribution in [3.8, 4) is 0 Å². The largest absolute Gasteiger partial charge is 0.314 e. The van der Waals surface area contributed by atoms with Crippen molar-refractivity contribution in [3.63, 3.8) is 0 Å². The Kier molecular flexibility index (Phi) is 5.12. The summed E-state index contributed by atoms with van der Waals surface area (Å²) in [6, 6.07) is 4.55. The van der Waals surface area contributed by atoms with Crippen LogP contribution in [0.1, 0.15) is 11.6 Å². The molecule has 1 aromatic carbocycles. The Balaban J connectivity index is 2.28. The molecule has 0 saturated carbocycles. The molecule has 1 atom stereocenters. The fraction of sp³-hybridized carbons (Fsp3) is 0.500. The first-order chi connectivity index (χ1) is 8.58. The Morgan fingerprint density at radius 1 is 1.06 bits per heavy atom. The van der Waals surface area contributed by atoms with Gasteiger partial charge in [0.2, 0.25) is 0 Å².